The number of aromatic nitrogens is 3. The summed E-state index contributed by atoms with van der Waals surface area (Å²) in [6.45, 7) is 5.34. The fourth-order valence-corrected chi connectivity index (χ4v) is 4.03. The maximum absolute atomic E-state index is 12.9. The smallest absolute Gasteiger partial charge is 0.256 e. The lowest BCUT2D eigenvalue weighted by atomic mass is 10.0. The molecule has 0 N–H and O–H groups in total. The molecule has 0 saturated carbocycles. The summed E-state index contributed by atoms with van der Waals surface area (Å²) in [7, 11) is 0. The van der Waals surface area contributed by atoms with Gasteiger partial charge in [0.1, 0.15) is 0 Å². The summed E-state index contributed by atoms with van der Waals surface area (Å²) in [5.41, 5.74) is 4.58. The summed E-state index contributed by atoms with van der Waals surface area (Å²) in [4.78, 5) is 29.1. The monoisotopic (exact) mass is 350 g/mol. The molecular weight excluding hydrogens is 332 g/mol. The molecule has 25 heavy (non-hydrogen) atoms. The van der Waals surface area contributed by atoms with Crippen molar-refractivity contribution in [1.29, 1.82) is 0 Å². The average Bonchev–Trinajstić information content (AvgIpc) is 3.13. The van der Waals surface area contributed by atoms with Crippen molar-refractivity contribution in [3.05, 3.63) is 63.6 Å². The normalized spacial score (nSPS) is 13.4. The lowest BCUT2D eigenvalue weighted by Gasteiger charge is -2.14. The van der Waals surface area contributed by atoms with E-state index in [0.29, 0.717) is 13.1 Å². The molecule has 1 aliphatic heterocycles. The number of amides is 1. The van der Waals surface area contributed by atoms with Crippen molar-refractivity contribution >= 4 is 17.2 Å². The van der Waals surface area contributed by atoms with Crippen LogP contribution in [-0.4, -0.2) is 32.3 Å². The SMILES string of the molecule is Cc1nc(CCN2Cc3nccc(-c4ccncc4)c3C2=O)sc1C. The second-order valence-electron chi connectivity index (χ2n) is 6.14. The Morgan fingerprint density at radius 2 is 1.96 bits per heavy atom. The molecule has 0 aliphatic carbocycles. The number of carbonyl (C=O) groups excluding carboxylic acids is 1. The minimum absolute atomic E-state index is 0.0555. The fourth-order valence-electron chi connectivity index (χ4n) is 3.10. The molecule has 0 spiro atoms. The molecule has 0 radical (unpaired) electrons. The zero-order chi connectivity index (χ0) is 17.4. The summed E-state index contributed by atoms with van der Waals surface area (Å²) in [6.07, 6.45) is 6.04. The first-order valence-corrected chi connectivity index (χ1v) is 9.05. The van der Waals surface area contributed by atoms with Crippen LogP contribution < -0.4 is 0 Å². The Kier molecular flexibility index (Phi) is 4.05. The largest absolute Gasteiger partial charge is 0.332 e. The average molecular weight is 350 g/mol. The van der Waals surface area contributed by atoms with Crippen LogP contribution in [0.1, 0.15) is 31.6 Å². The van der Waals surface area contributed by atoms with Gasteiger partial charge in [0, 0.05) is 36.4 Å². The first kappa shape index (κ1) is 15.9. The third-order valence-electron chi connectivity index (χ3n) is 4.53. The van der Waals surface area contributed by atoms with Gasteiger partial charge in [0.25, 0.3) is 5.91 Å². The molecule has 0 saturated heterocycles. The highest BCUT2D eigenvalue weighted by molar-refractivity contribution is 7.11. The number of carbonyl (C=O) groups is 1. The van der Waals surface area contributed by atoms with Crippen LogP contribution in [0.15, 0.2) is 36.8 Å². The molecule has 0 aromatic carbocycles. The van der Waals surface area contributed by atoms with Gasteiger partial charge >= 0.3 is 0 Å². The molecule has 3 aromatic rings. The van der Waals surface area contributed by atoms with Gasteiger partial charge in [-0.15, -0.1) is 11.3 Å². The molecule has 0 bridgehead atoms. The van der Waals surface area contributed by atoms with E-state index in [-0.39, 0.29) is 5.91 Å². The highest BCUT2D eigenvalue weighted by Gasteiger charge is 2.31. The number of aryl methyl sites for hydroxylation is 2. The van der Waals surface area contributed by atoms with Gasteiger partial charge in [-0.25, -0.2) is 4.98 Å². The number of pyridine rings is 2. The van der Waals surface area contributed by atoms with E-state index in [1.54, 1.807) is 29.9 Å². The zero-order valence-electron chi connectivity index (χ0n) is 14.2. The first-order valence-electron chi connectivity index (χ1n) is 8.24. The third-order valence-corrected chi connectivity index (χ3v) is 5.66. The summed E-state index contributed by atoms with van der Waals surface area (Å²) in [5, 5.41) is 1.08. The van der Waals surface area contributed by atoms with Gasteiger partial charge in [0.05, 0.1) is 28.5 Å². The summed E-state index contributed by atoms with van der Waals surface area (Å²) >= 11 is 1.71. The standard InChI is InChI=1S/C19H18N4OS/c1-12-13(2)25-17(22-12)6-10-23-11-16-18(19(23)24)15(5-9-21-16)14-3-7-20-8-4-14/h3-5,7-9H,6,10-11H2,1-2H3. The Balaban J connectivity index is 1.57. The number of rotatable bonds is 4. The fraction of sp³-hybridized carbons (Fsp3) is 0.263. The molecular formula is C19H18N4OS. The lowest BCUT2D eigenvalue weighted by Crippen LogP contribution is -2.26. The van der Waals surface area contributed by atoms with Crippen molar-refractivity contribution in [2.75, 3.05) is 6.54 Å². The first-order chi connectivity index (χ1) is 12.1. The maximum atomic E-state index is 12.9. The van der Waals surface area contributed by atoms with Crippen molar-refractivity contribution < 1.29 is 4.79 Å². The Morgan fingerprint density at radius 1 is 1.16 bits per heavy atom. The summed E-state index contributed by atoms with van der Waals surface area (Å²) < 4.78 is 0. The van der Waals surface area contributed by atoms with E-state index in [1.807, 2.05) is 30.0 Å². The van der Waals surface area contributed by atoms with Crippen LogP contribution in [-0.2, 0) is 13.0 Å². The summed E-state index contributed by atoms with van der Waals surface area (Å²) in [5.74, 6) is 0.0555. The number of hydrogen-bond donors (Lipinski definition) is 0. The molecule has 0 fully saturated rings. The molecule has 1 aliphatic rings. The van der Waals surface area contributed by atoms with Crippen molar-refractivity contribution in [3.8, 4) is 11.1 Å². The van der Waals surface area contributed by atoms with Crippen molar-refractivity contribution in [1.82, 2.24) is 19.9 Å². The summed E-state index contributed by atoms with van der Waals surface area (Å²) in [6, 6.07) is 5.75. The topological polar surface area (TPSA) is 59.0 Å². The highest BCUT2D eigenvalue weighted by Crippen LogP contribution is 2.31. The van der Waals surface area contributed by atoms with E-state index in [9.17, 15) is 4.79 Å². The molecule has 126 valence electrons. The molecule has 1 amide bonds. The van der Waals surface area contributed by atoms with Crippen molar-refractivity contribution in [2.24, 2.45) is 0 Å². The number of thiazole rings is 1. The second kappa shape index (κ2) is 6.37. The van der Waals surface area contributed by atoms with E-state index >= 15 is 0 Å². The van der Waals surface area contributed by atoms with Gasteiger partial charge in [-0.05, 0) is 43.2 Å². The second-order valence-corrected chi connectivity index (χ2v) is 7.43. The van der Waals surface area contributed by atoms with Gasteiger partial charge in [0.2, 0.25) is 0 Å². The quantitative estimate of drug-likeness (QED) is 0.723. The van der Waals surface area contributed by atoms with Gasteiger partial charge in [-0.1, -0.05) is 0 Å². The molecule has 5 nitrogen and oxygen atoms in total. The lowest BCUT2D eigenvalue weighted by molar-refractivity contribution is 0.0780. The number of hydrogen-bond acceptors (Lipinski definition) is 5. The van der Waals surface area contributed by atoms with Crippen molar-refractivity contribution in [2.45, 2.75) is 26.8 Å². The van der Waals surface area contributed by atoms with Gasteiger partial charge in [0.15, 0.2) is 0 Å². The van der Waals surface area contributed by atoms with E-state index in [4.69, 9.17) is 0 Å². The minimum Gasteiger partial charge on any atom is -0.332 e. The van der Waals surface area contributed by atoms with Crippen LogP contribution in [0.2, 0.25) is 0 Å². The van der Waals surface area contributed by atoms with Crippen molar-refractivity contribution in [3.63, 3.8) is 0 Å². The number of fused-ring (bicyclic) bond motifs is 1. The molecule has 0 unspecified atom stereocenters. The molecule has 4 rings (SSSR count). The molecule has 4 heterocycles. The van der Waals surface area contributed by atoms with E-state index < -0.39 is 0 Å². The van der Waals surface area contributed by atoms with Crippen LogP contribution in [0.25, 0.3) is 11.1 Å². The van der Waals surface area contributed by atoms with Gasteiger partial charge < -0.3 is 4.90 Å². The molecule has 0 atom stereocenters. The maximum Gasteiger partial charge on any atom is 0.256 e. The predicted octanol–water partition coefficient (Wildman–Crippen LogP) is 3.42. The van der Waals surface area contributed by atoms with Crippen LogP contribution in [0.5, 0.6) is 0 Å². The minimum atomic E-state index is 0.0555. The van der Waals surface area contributed by atoms with Gasteiger partial charge in [-0.2, -0.15) is 0 Å². The van der Waals surface area contributed by atoms with E-state index in [2.05, 4.69) is 21.9 Å². The van der Waals surface area contributed by atoms with E-state index in [1.165, 1.54) is 4.88 Å². The van der Waals surface area contributed by atoms with Crippen LogP contribution in [0.4, 0.5) is 0 Å². The molecule has 6 heteroatoms. The Hall–Kier alpha value is -2.60. The van der Waals surface area contributed by atoms with E-state index in [0.717, 1.165) is 39.5 Å². The highest BCUT2D eigenvalue weighted by atomic mass is 32.1. The van der Waals surface area contributed by atoms with Crippen LogP contribution in [0, 0.1) is 13.8 Å². The van der Waals surface area contributed by atoms with Crippen LogP contribution in [0.3, 0.4) is 0 Å². The Labute approximate surface area is 150 Å². The molecule has 3 aromatic heterocycles. The predicted molar refractivity (Wildman–Crippen MR) is 97.5 cm³/mol. The zero-order valence-corrected chi connectivity index (χ0v) is 15.0. The Bertz CT molecular complexity index is 916. The van der Waals surface area contributed by atoms with Crippen LogP contribution >= 0.6 is 11.3 Å². The third kappa shape index (κ3) is 2.93. The van der Waals surface area contributed by atoms with Gasteiger partial charge in [-0.3, -0.25) is 14.8 Å². The number of nitrogens with zero attached hydrogens (tertiary/aromatic N) is 4. The Morgan fingerprint density at radius 3 is 2.68 bits per heavy atom.